The second-order valence-electron chi connectivity index (χ2n) is 5.96. The van der Waals surface area contributed by atoms with Gasteiger partial charge < -0.3 is 9.84 Å². The number of carbonyl (C=O) groups is 1. The van der Waals surface area contributed by atoms with Crippen LogP contribution in [0.3, 0.4) is 0 Å². The number of aryl methyl sites for hydroxylation is 1. The van der Waals surface area contributed by atoms with Crippen LogP contribution in [0.5, 0.6) is 0 Å². The zero-order valence-corrected chi connectivity index (χ0v) is 14.2. The molecule has 0 spiro atoms. The fraction of sp³-hybridized carbons (Fsp3) is 0.533. The quantitative estimate of drug-likeness (QED) is 0.637. The summed E-state index contributed by atoms with van der Waals surface area (Å²) in [4.78, 5) is 11.6. The van der Waals surface area contributed by atoms with E-state index in [0.29, 0.717) is 0 Å². The van der Waals surface area contributed by atoms with Crippen LogP contribution in [0.15, 0.2) is 29.2 Å². The molecule has 0 aliphatic heterocycles. The normalized spacial score (nSPS) is 15.3. The SMILES string of the molecule is CCOC(OS(=O)(=O)c1ccc(C)cc1)(C(=O)O)C(C)(C)C. The molecule has 6 nitrogen and oxygen atoms in total. The molecule has 0 aliphatic carbocycles. The van der Waals surface area contributed by atoms with Crippen LogP contribution in [0.1, 0.15) is 33.3 Å². The number of carboxylic acid groups (broad SMARTS) is 1. The number of rotatable bonds is 6. The molecule has 1 atom stereocenters. The highest BCUT2D eigenvalue weighted by Gasteiger charge is 2.55. The summed E-state index contributed by atoms with van der Waals surface area (Å²) >= 11 is 0. The average Bonchev–Trinajstić information content (AvgIpc) is 2.36. The predicted molar refractivity (Wildman–Crippen MR) is 80.9 cm³/mol. The lowest BCUT2D eigenvalue weighted by Crippen LogP contribution is -2.55. The third-order valence-corrected chi connectivity index (χ3v) is 4.46. The molecule has 1 N–H and O–H groups in total. The molecular weight excluding hydrogens is 308 g/mol. The molecule has 0 saturated heterocycles. The van der Waals surface area contributed by atoms with E-state index in [2.05, 4.69) is 0 Å². The first-order chi connectivity index (χ1) is 9.96. The van der Waals surface area contributed by atoms with E-state index in [4.69, 9.17) is 8.92 Å². The van der Waals surface area contributed by atoms with Gasteiger partial charge in [0.2, 0.25) is 0 Å². The van der Waals surface area contributed by atoms with Crippen molar-refractivity contribution in [3.05, 3.63) is 29.8 Å². The first kappa shape index (κ1) is 18.6. The van der Waals surface area contributed by atoms with E-state index in [1.54, 1.807) is 39.8 Å². The number of carboxylic acids is 1. The van der Waals surface area contributed by atoms with Crippen molar-refractivity contribution in [1.29, 1.82) is 0 Å². The van der Waals surface area contributed by atoms with Gasteiger partial charge in [0.1, 0.15) is 0 Å². The van der Waals surface area contributed by atoms with Crippen LogP contribution in [0, 0.1) is 12.3 Å². The van der Waals surface area contributed by atoms with Gasteiger partial charge in [-0.05, 0) is 26.0 Å². The topological polar surface area (TPSA) is 89.9 Å². The van der Waals surface area contributed by atoms with Gasteiger partial charge in [-0.1, -0.05) is 38.5 Å². The number of ether oxygens (including phenoxy) is 1. The standard InChI is InChI=1S/C15H22O6S/c1-6-20-15(13(16)17,14(3,4)5)21-22(18,19)12-9-7-11(2)8-10-12/h7-10H,6H2,1-5H3,(H,16,17). The van der Waals surface area contributed by atoms with E-state index in [-0.39, 0.29) is 11.5 Å². The minimum atomic E-state index is -4.29. The second kappa shape index (κ2) is 6.36. The summed E-state index contributed by atoms with van der Waals surface area (Å²) < 4.78 is 35.1. The van der Waals surface area contributed by atoms with Crippen molar-refractivity contribution < 1.29 is 27.2 Å². The highest BCUT2D eigenvalue weighted by atomic mass is 32.2. The molecule has 0 bridgehead atoms. The smallest absolute Gasteiger partial charge is 0.366 e. The maximum absolute atomic E-state index is 12.4. The first-order valence-electron chi connectivity index (χ1n) is 6.86. The Labute approximate surface area is 131 Å². The maximum atomic E-state index is 12.4. The van der Waals surface area contributed by atoms with Crippen molar-refractivity contribution in [3.63, 3.8) is 0 Å². The van der Waals surface area contributed by atoms with E-state index >= 15 is 0 Å². The zero-order valence-electron chi connectivity index (χ0n) is 13.4. The van der Waals surface area contributed by atoms with Crippen LogP contribution < -0.4 is 0 Å². The lowest BCUT2D eigenvalue weighted by Gasteiger charge is -2.38. The fourth-order valence-corrected chi connectivity index (χ4v) is 3.14. The Kier molecular flexibility index (Phi) is 5.38. The fourth-order valence-electron chi connectivity index (χ4n) is 1.89. The van der Waals surface area contributed by atoms with Gasteiger partial charge in [0.25, 0.3) is 15.9 Å². The molecule has 0 amide bonds. The van der Waals surface area contributed by atoms with E-state index in [9.17, 15) is 18.3 Å². The van der Waals surface area contributed by atoms with Gasteiger partial charge in [-0.15, -0.1) is 0 Å². The molecule has 1 unspecified atom stereocenters. The molecule has 22 heavy (non-hydrogen) atoms. The van der Waals surface area contributed by atoms with Gasteiger partial charge in [0, 0.05) is 12.0 Å². The summed E-state index contributed by atoms with van der Waals surface area (Å²) in [6, 6.07) is 5.95. The summed E-state index contributed by atoms with van der Waals surface area (Å²) in [5, 5.41) is 9.53. The Hall–Kier alpha value is -1.44. The third kappa shape index (κ3) is 3.66. The summed E-state index contributed by atoms with van der Waals surface area (Å²) in [5.74, 6) is -3.79. The van der Waals surface area contributed by atoms with Crippen LogP contribution in [-0.2, 0) is 23.8 Å². The van der Waals surface area contributed by atoms with Crippen molar-refractivity contribution in [1.82, 2.24) is 0 Å². The predicted octanol–water partition coefficient (Wildman–Crippen LogP) is 2.56. The van der Waals surface area contributed by atoms with Gasteiger partial charge in [-0.25, -0.2) is 8.98 Å². The Balaban J connectivity index is 3.35. The van der Waals surface area contributed by atoms with E-state index in [0.717, 1.165) is 5.56 Å². The van der Waals surface area contributed by atoms with Crippen molar-refractivity contribution in [2.45, 2.75) is 45.3 Å². The van der Waals surface area contributed by atoms with E-state index in [1.165, 1.54) is 12.1 Å². The van der Waals surface area contributed by atoms with Crippen molar-refractivity contribution in [2.75, 3.05) is 6.61 Å². The first-order valence-corrected chi connectivity index (χ1v) is 8.27. The van der Waals surface area contributed by atoms with Crippen molar-refractivity contribution in [3.8, 4) is 0 Å². The Morgan fingerprint density at radius 2 is 1.68 bits per heavy atom. The molecule has 1 aromatic rings. The number of hydrogen-bond acceptors (Lipinski definition) is 5. The lowest BCUT2D eigenvalue weighted by molar-refractivity contribution is -0.244. The maximum Gasteiger partial charge on any atom is 0.366 e. The van der Waals surface area contributed by atoms with Crippen LogP contribution in [0.4, 0.5) is 0 Å². The van der Waals surface area contributed by atoms with Gasteiger partial charge in [-0.2, -0.15) is 8.42 Å². The molecule has 0 saturated carbocycles. The largest absolute Gasteiger partial charge is 0.477 e. The zero-order chi connectivity index (χ0) is 17.2. The van der Waals surface area contributed by atoms with Crippen LogP contribution in [0.25, 0.3) is 0 Å². The number of aliphatic carboxylic acids is 1. The molecule has 0 fully saturated rings. The minimum Gasteiger partial charge on any atom is -0.477 e. The molecule has 1 rings (SSSR count). The molecule has 1 aromatic carbocycles. The number of benzene rings is 1. The summed E-state index contributed by atoms with van der Waals surface area (Å²) in [6.07, 6.45) is 0. The Bertz CT molecular complexity index is 627. The molecule has 124 valence electrons. The average molecular weight is 330 g/mol. The van der Waals surface area contributed by atoms with Crippen LogP contribution in [-0.4, -0.2) is 31.9 Å². The Morgan fingerprint density at radius 3 is 2.05 bits per heavy atom. The molecule has 0 radical (unpaired) electrons. The monoisotopic (exact) mass is 330 g/mol. The van der Waals surface area contributed by atoms with Gasteiger partial charge in [0.05, 0.1) is 4.90 Å². The minimum absolute atomic E-state index is 0.00696. The van der Waals surface area contributed by atoms with Gasteiger partial charge in [0.15, 0.2) is 0 Å². The van der Waals surface area contributed by atoms with E-state index < -0.39 is 27.3 Å². The lowest BCUT2D eigenvalue weighted by atomic mass is 9.85. The van der Waals surface area contributed by atoms with Gasteiger partial charge >= 0.3 is 5.97 Å². The summed E-state index contributed by atoms with van der Waals surface area (Å²) in [6.45, 7) is 8.01. The molecular formula is C15H22O6S. The van der Waals surface area contributed by atoms with Crippen molar-refractivity contribution in [2.24, 2.45) is 5.41 Å². The Morgan fingerprint density at radius 1 is 1.18 bits per heavy atom. The highest BCUT2D eigenvalue weighted by molar-refractivity contribution is 7.86. The van der Waals surface area contributed by atoms with Crippen LogP contribution >= 0.6 is 0 Å². The second-order valence-corrected chi connectivity index (χ2v) is 7.50. The molecule has 0 heterocycles. The van der Waals surface area contributed by atoms with E-state index in [1.807, 2.05) is 6.92 Å². The molecule has 0 aliphatic rings. The van der Waals surface area contributed by atoms with Crippen molar-refractivity contribution >= 4 is 16.1 Å². The summed E-state index contributed by atoms with van der Waals surface area (Å²) in [7, 11) is -4.29. The van der Waals surface area contributed by atoms with Crippen LogP contribution in [0.2, 0.25) is 0 Å². The highest BCUT2D eigenvalue weighted by Crippen LogP contribution is 2.38. The van der Waals surface area contributed by atoms with Gasteiger partial charge in [-0.3, -0.25) is 0 Å². The third-order valence-electron chi connectivity index (χ3n) is 3.15. The molecule has 0 aromatic heterocycles. The molecule has 7 heteroatoms. The number of hydrogen-bond donors (Lipinski definition) is 1. The summed E-state index contributed by atoms with van der Waals surface area (Å²) in [5.41, 5.74) is -0.226.